The van der Waals surface area contributed by atoms with Crippen LogP contribution in [0.25, 0.3) is 33.3 Å². The summed E-state index contributed by atoms with van der Waals surface area (Å²) in [4.78, 5) is 22.8. The van der Waals surface area contributed by atoms with E-state index in [1.165, 1.54) is 22.5 Å². The van der Waals surface area contributed by atoms with E-state index < -0.39 is 0 Å². The summed E-state index contributed by atoms with van der Waals surface area (Å²) < 4.78 is 0. The zero-order valence-electron chi connectivity index (χ0n) is 27.5. The summed E-state index contributed by atoms with van der Waals surface area (Å²) in [7, 11) is 0. The zero-order valence-corrected chi connectivity index (χ0v) is 27.5. The van der Waals surface area contributed by atoms with E-state index >= 15 is 0 Å². The summed E-state index contributed by atoms with van der Waals surface area (Å²) in [5.74, 6) is 0.507. The Kier molecular flexibility index (Phi) is 11.3. The smallest absolute Gasteiger partial charge is 0.257 e. The van der Waals surface area contributed by atoms with Crippen LogP contribution in [0.5, 0.6) is 0 Å². The van der Waals surface area contributed by atoms with Gasteiger partial charge in [0.05, 0.1) is 22.3 Å². The van der Waals surface area contributed by atoms with Gasteiger partial charge in [-0.25, -0.2) is 4.98 Å². The zero-order chi connectivity index (χ0) is 32.3. The first-order valence-corrected chi connectivity index (χ1v) is 16.7. The van der Waals surface area contributed by atoms with Crippen LogP contribution in [0.2, 0.25) is 0 Å². The van der Waals surface area contributed by atoms with Crippen LogP contribution in [0.4, 0.5) is 0 Å². The van der Waals surface area contributed by atoms with Crippen molar-refractivity contribution in [2.45, 2.75) is 59.4 Å². The lowest BCUT2D eigenvalue weighted by atomic mass is 9.92. The Morgan fingerprint density at radius 2 is 1.43 bits per heavy atom. The third-order valence-corrected chi connectivity index (χ3v) is 8.36. The molecule has 6 nitrogen and oxygen atoms in total. The molecule has 0 spiro atoms. The molecule has 6 heteroatoms. The van der Waals surface area contributed by atoms with E-state index in [1.807, 2.05) is 58.0 Å². The summed E-state index contributed by atoms with van der Waals surface area (Å²) in [6.45, 7) is 11.1. The number of benzene rings is 3. The van der Waals surface area contributed by atoms with E-state index in [1.54, 1.807) is 6.20 Å². The molecule has 7 rings (SSSR count). The van der Waals surface area contributed by atoms with E-state index in [0.717, 1.165) is 61.3 Å². The molecule has 0 aliphatic carbocycles. The van der Waals surface area contributed by atoms with Gasteiger partial charge < -0.3 is 4.98 Å². The average Bonchev–Trinajstić information content (AvgIpc) is 3.59. The molecule has 0 saturated carbocycles. The molecule has 4 heterocycles. The molecule has 0 amide bonds. The first-order valence-electron chi connectivity index (χ1n) is 16.7. The van der Waals surface area contributed by atoms with Gasteiger partial charge in [0.15, 0.2) is 0 Å². The molecule has 236 valence electrons. The maximum absolute atomic E-state index is 12.5. The molecular weight excluding hydrogens is 566 g/mol. The van der Waals surface area contributed by atoms with Crippen LogP contribution in [-0.4, -0.2) is 38.2 Å². The standard InChI is InChI=1S/C36H33N5O.2C2H6/c42-36-32-23-31(27-9-5-2-6-10-27)35(38-33(32)15-18-37-36)29-13-11-26(12-14-29)24-41-19-16-28(17-20-41)34-22-30(39-40-34)21-25-7-3-1-4-8-25;2*1-2/h1-15,18,22-23,28H,16-17,19-21,24H2,(H,37,42)(H,39,40);2*1-2H3. The molecule has 0 bridgehead atoms. The van der Waals surface area contributed by atoms with Gasteiger partial charge in [-0.2, -0.15) is 5.10 Å². The van der Waals surface area contributed by atoms with Gasteiger partial charge in [0.1, 0.15) is 0 Å². The van der Waals surface area contributed by atoms with Crippen LogP contribution in [0.3, 0.4) is 0 Å². The highest BCUT2D eigenvalue weighted by atomic mass is 16.1. The van der Waals surface area contributed by atoms with Crippen LogP contribution < -0.4 is 5.56 Å². The van der Waals surface area contributed by atoms with Gasteiger partial charge in [-0.15, -0.1) is 0 Å². The van der Waals surface area contributed by atoms with Crippen molar-refractivity contribution in [1.29, 1.82) is 0 Å². The largest absolute Gasteiger partial charge is 0.328 e. The van der Waals surface area contributed by atoms with Crippen LogP contribution >= 0.6 is 0 Å². The topological polar surface area (TPSA) is 77.7 Å². The summed E-state index contributed by atoms with van der Waals surface area (Å²) in [6.07, 6.45) is 4.79. The SMILES string of the molecule is CC.CC.O=c1[nH]ccc2nc(-c3ccc(CN4CCC(c5cc(Cc6ccccc6)[nH]n5)CC4)cc3)c(-c3ccccc3)cc12. The molecule has 3 aromatic carbocycles. The minimum Gasteiger partial charge on any atom is -0.328 e. The minimum atomic E-state index is -0.122. The number of likely N-dealkylation sites (tertiary alicyclic amines) is 1. The number of hydrogen-bond donors (Lipinski definition) is 2. The Bertz CT molecular complexity index is 1850. The Balaban J connectivity index is 0.00000100. The summed E-state index contributed by atoms with van der Waals surface area (Å²) in [5.41, 5.74) is 9.48. The molecule has 0 unspecified atom stereocenters. The van der Waals surface area contributed by atoms with Gasteiger partial charge in [-0.05, 0) is 60.8 Å². The van der Waals surface area contributed by atoms with Gasteiger partial charge in [0, 0.05) is 41.9 Å². The van der Waals surface area contributed by atoms with E-state index in [-0.39, 0.29) is 5.56 Å². The summed E-state index contributed by atoms with van der Waals surface area (Å²) >= 11 is 0. The number of H-pyrrole nitrogens is 2. The molecule has 3 aromatic heterocycles. The second-order valence-electron chi connectivity index (χ2n) is 11.2. The van der Waals surface area contributed by atoms with Crippen LogP contribution in [0.1, 0.15) is 69.0 Å². The molecule has 0 radical (unpaired) electrons. The van der Waals surface area contributed by atoms with Gasteiger partial charge >= 0.3 is 0 Å². The maximum atomic E-state index is 12.5. The molecule has 1 aliphatic heterocycles. The van der Waals surface area contributed by atoms with Crippen molar-refractivity contribution in [2.24, 2.45) is 0 Å². The lowest BCUT2D eigenvalue weighted by Crippen LogP contribution is -2.32. The Labute approximate surface area is 272 Å². The van der Waals surface area contributed by atoms with E-state index in [2.05, 4.69) is 92.9 Å². The monoisotopic (exact) mass is 611 g/mol. The predicted octanol–water partition coefficient (Wildman–Crippen LogP) is 9.00. The van der Waals surface area contributed by atoms with Crippen LogP contribution in [-0.2, 0) is 13.0 Å². The molecule has 46 heavy (non-hydrogen) atoms. The molecule has 1 saturated heterocycles. The van der Waals surface area contributed by atoms with Crippen molar-refractivity contribution >= 4 is 10.9 Å². The molecule has 2 N–H and O–H groups in total. The molecule has 1 aliphatic rings. The summed E-state index contributed by atoms with van der Waals surface area (Å²) in [5, 5.41) is 8.53. The van der Waals surface area contributed by atoms with Crippen molar-refractivity contribution in [3.8, 4) is 22.4 Å². The molecular formula is C40H45N5O. The first-order chi connectivity index (χ1) is 22.7. The fourth-order valence-corrected chi connectivity index (χ4v) is 6.08. The predicted molar refractivity (Wildman–Crippen MR) is 191 cm³/mol. The normalized spacial score (nSPS) is 13.4. The fraction of sp³-hybridized carbons (Fsp3) is 0.275. The second kappa shape index (κ2) is 16.0. The third kappa shape index (κ3) is 7.69. The van der Waals surface area contributed by atoms with E-state index in [9.17, 15) is 4.79 Å². The summed E-state index contributed by atoms with van der Waals surface area (Å²) in [6, 6.07) is 35.5. The average molecular weight is 612 g/mol. The van der Waals surface area contributed by atoms with Gasteiger partial charge in [-0.3, -0.25) is 14.8 Å². The van der Waals surface area contributed by atoms with E-state index in [4.69, 9.17) is 4.98 Å². The Morgan fingerprint density at radius 3 is 2.13 bits per heavy atom. The lowest BCUT2D eigenvalue weighted by Gasteiger charge is -2.31. The minimum absolute atomic E-state index is 0.122. The number of aromatic nitrogens is 4. The fourth-order valence-electron chi connectivity index (χ4n) is 6.08. The Morgan fingerprint density at radius 1 is 0.761 bits per heavy atom. The second-order valence-corrected chi connectivity index (χ2v) is 11.2. The quantitative estimate of drug-likeness (QED) is 0.189. The molecule has 6 aromatic rings. The maximum Gasteiger partial charge on any atom is 0.257 e. The number of nitrogens with one attached hydrogen (secondary N) is 2. The van der Waals surface area contributed by atoms with Gasteiger partial charge in [0.2, 0.25) is 0 Å². The lowest BCUT2D eigenvalue weighted by molar-refractivity contribution is 0.203. The van der Waals surface area contributed by atoms with Crippen LogP contribution in [0.15, 0.2) is 114 Å². The molecule has 1 fully saturated rings. The highest BCUT2D eigenvalue weighted by molar-refractivity contribution is 5.91. The van der Waals surface area contributed by atoms with Crippen LogP contribution in [0, 0.1) is 0 Å². The Hall–Kier alpha value is -4.81. The highest BCUT2D eigenvalue weighted by Gasteiger charge is 2.23. The molecule has 0 atom stereocenters. The van der Waals surface area contributed by atoms with Crippen molar-refractivity contribution in [1.82, 2.24) is 25.1 Å². The number of pyridine rings is 2. The van der Waals surface area contributed by atoms with Crippen molar-refractivity contribution in [3.63, 3.8) is 0 Å². The third-order valence-electron chi connectivity index (χ3n) is 8.36. The van der Waals surface area contributed by atoms with Crippen molar-refractivity contribution in [2.75, 3.05) is 13.1 Å². The number of piperidine rings is 1. The van der Waals surface area contributed by atoms with Crippen molar-refractivity contribution < 1.29 is 0 Å². The number of nitrogens with zero attached hydrogens (tertiary/aromatic N) is 3. The van der Waals surface area contributed by atoms with E-state index in [0.29, 0.717) is 16.8 Å². The first kappa shape index (κ1) is 32.6. The number of hydrogen-bond acceptors (Lipinski definition) is 4. The number of aromatic amines is 2. The van der Waals surface area contributed by atoms with Gasteiger partial charge in [-0.1, -0.05) is 113 Å². The highest BCUT2D eigenvalue weighted by Crippen LogP contribution is 2.33. The van der Waals surface area contributed by atoms with Crippen molar-refractivity contribution in [3.05, 3.63) is 142 Å². The number of fused-ring (bicyclic) bond motifs is 1. The van der Waals surface area contributed by atoms with Gasteiger partial charge in [0.25, 0.3) is 5.56 Å². The number of rotatable bonds is 7.